The van der Waals surface area contributed by atoms with Crippen LogP contribution in [-0.4, -0.2) is 6.04 Å². The van der Waals surface area contributed by atoms with Crippen molar-refractivity contribution in [3.8, 4) is 11.5 Å². The number of halogens is 2. The van der Waals surface area contributed by atoms with Crippen LogP contribution >= 0.6 is 23.2 Å². The lowest BCUT2D eigenvalue weighted by Gasteiger charge is -2.14. The Morgan fingerprint density at radius 3 is 2.50 bits per heavy atom. The first-order valence-corrected chi connectivity index (χ1v) is 7.19. The lowest BCUT2D eigenvalue weighted by molar-refractivity contribution is 0.474. The zero-order chi connectivity index (χ0) is 14.7. The van der Waals surface area contributed by atoms with Gasteiger partial charge in [-0.25, -0.2) is 0 Å². The molecule has 4 heteroatoms. The predicted octanol–water partition coefficient (Wildman–Crippen LogP) is 4.98. The topological polar surface area (TPSA) is 35.2 Å². The SMILES string of the molecule is Cc1ccc(Oc2cc(Cl)ccc2CC(C)N)c(Cl)c1. The van der Waals surface area contributed by atoms with E-state index in [0.29, 0.717) is 21.5 Å². The fraction of sp³-hybridized carbons (Fsp3) is 0.250. The number of nitrogens with two attached hydrogens (primary N) is 1. The Morgan fingerprint density at radius 2 is 1.85 bits per heavy atom. The smallest absolute Gasteiger partial charge is 0.146 e. The monoisotopic (exact) mass is 309 g/mol. The molecule has 106 valence electrons. The maximum absolute atomic E-state index is 6.19. The van der Waals surface area contributed by atoms with Gasteiger partial charge in [-0.05, 0) is 55.7 Å². The van der Waals surface area contributed by atoms with Crippen molar-refractivity contribution in [3.05, 3.63) is 57.6 Å². The molecule has 0 aromatic heterocycles. The Labute approximate surface area is 129 Å². The molecule has 0 spiro atoms. The van der Waals surface area contributed by atoms with E-state index < -0.39 is 0 Å². The molecule has 0 aliphatic carbocycles. The van der Waals surface area contributed by atoms with Crippen LogP contribution < -0.4 is 10.5 Å². The predicted molar refractivity (Wildman–Crippen MR) is 85.1 cm³/mol. The van der Waals surface area contributed by atoms with Crippen molar-refractivity contribution >= 4 is 23.2 Å². The van der Waals surface area contributed by atoms with Gasteiger partial charge in [-0.3, -0.25) is 0 Å². The Hall–Kier alpha value is -1.22. The van der Waals surface area contributed by atoms with E-state index in [1.54, 1.807) is 6.07 Å². The third kappa shape index (κ3) is 3.89. The van der Waals surface area contributed by atoms with E-state index in [4.69, 9.17) is 33.7 Å². The number of aryl methyl sites for hydroxylation is 1. The Kier molecular flexibility index (Phi) is 4.92. The van der Waals surface area contributed by atoms with Crippen molar-refractivity contribution in [2.45, 2.75) is 26.3 Å². The van der Waals surface area contributed by atoms with E-state index in [1.165, 1.54) is 0 Å². The highest BCUT2D eigenvalue weighted by Crippen LogP contribution is 2.33. The molecule has 0 heterocycles. The lowest BCUT2D eigenvalue weighted by Crippen LogP contribution is -2.18. The van der Waals surface area contributed by atoms with Gasteiger partial charge < -0.3 is 10.5 Å². The molecule has 0 fully saturated rings. The van der Waals surface area contributed by atoms with Crippen molar-refractivity contribution < 1.29 is 4.74 Å². The van der Waals surface area contributed by atoms with Crippen molar-refractivity contribution in [1.82, 2.24) is 0 Å². The summed E-state index contributed by atoms with van der Waals surface area (Å²) in [5.41, 5.74) is 7.96. The van der Waals surface area contributed by atoms with Crippen molar-refractivity contribution in [2.24, 2.45) is 5.73 Å². The number of rotatable bonds is 4. The Bertz CT molecular complexity index is 611. The van der Waals surface area contributed by atoms with Gasteiger partial charge in [-0.15, -0.1) is 0 Å². The molecule has 0 bridgehead atoms. The van der Waals surface area contributed by atoms with Gasteiger partial charge in [0.05, 0.1) is 5.02 Å². The highest BCUT2D eigenvalue weighted by Gasteiger charge is 2.10. The summed E-state index contributed by atoms with van der Waals surface area (Å²) < 4.78 is 5.91. The van der Waals surface area contributed by atoms with Crippen molar-refractivity contribution in [2.75, 3.05) is 0 Å². The number of ether oxygens (including phenoxy) is 1. The molecule has 0 aliphatic rings. The molecule has 2 aromatic rings. The number of hydrogen-bond acceptors (Lipinski definition) is 2. The van der Waals surface area contributed by atoms with Gasteiger partial charge in [-0.2, -0.15) is 0 Å². The van der Waals surface area contributed by atoms with Crippen LogP contribution in [0.25, 0.3) is 0 Å². The van der Waals surface area contributed by atoms with Crippen LogP contribution in [0.15, 0.2) is 36.4 Å². The van der Waals surface area contributed by atoms with Crippen LogP contribution in [0.4, 0.5) is 0 Å². The van der Waals surface area contributed by atoms with E-state index in [9.17, 15) is 0 Å². The average molecular weight is 310 g/mol. The second-order valence-corrected chi connectivity index (χ2v) is 5.81. The molecule has 20 heavy (non-hydrogen) atoms. The summed E-state index contributed by atoms with van der Waals surface area (Å²) in [6.07, 6.45) is 0.718. The van der Waals surface area contributed by atoms with Crippen LogP contribution in [0, 0.1) is 6.92 Å². The van der Waals surface area contributed by atoms with Crippen LogP contribution in [-0.2, 0) is 6.42 Å². The quantitative estimate of drug-likeness (QED) is 0.864. The third-order valence-corrected chi connectivity index (χ3v) is 3.41. The summed E-state index contributed by atoms with van der Waals surface area (Å²) in [6, 6.07) is 11.3. The fourth-order valence-electron chi connectivity index (χ4n) is 1.95. The average Bonchev–Trinajstić information content (AvgIpc) is 2.35. The number of hydrogen-bond donors (Lipinski definition) is 1. The highest BCUT2D eigenvalue weighted by atomic mass is 35.5. The largest absolute Gasteiger partial charge is 0.455 e. The van der Waals surface area contributed by atoms with Gasteiger partial charge in [0, 0.05) is 11.1 Å². The Balaban J connectivity index is 2.34. The van der Waals surface area contributed by atoms with E-state index in [1.807, 2.05) is 44.2 Å². The van der Waals surface area contributed by atoms with Gasteiger partial charge in [0.15, 0.2) is 0 Å². The molecule has 1 atom stereocenters. The van der Waals surface area contributed by atoms with Gasteiger partial charge in [0.1, 0.15) is 11.5 Å². The van der Waals surface area contributed by atoms with Gasteiger partial charge >= 0.3 is 0 Å². The van der Waals surface area contributed by atoms with Crippen molar-refractivity contribution in [1.29, 1.82) is 0 Å². The van der Waals surface area contributed by atoms with Crippen LogP contribution in [0.2, 0.25) is 10.0 Å². The summed E-state index contributed by atoms with van der Waals surface area (Å²) >= 11 is 12.2. The maximum atomic E-state index is 6.19. The molecule has 0 amide bonds. The molecule has 0 saturated heterocycles. The minimum Gasteiger partial charge on any atom is -0.455 e. The zero-order valence-corrected chi connectivity index (χ0v) is 13.0. The Morgan fingerprint density at radius 1 is 1.10 bits per heavy atom. The standard InChI is InChI=1S/C16H17Cl2NO/c1-10-3-6-15(14(18)7-10)20-16-9-13(17)5-4-12(16)8-11(2)19/h3-7,9,11H,8,19H2,1-2H3. The van der Waals surface area contributed by atoms with E-state index in [-0.39, 0.29) is 6.04 Å². The summed E-state index contributed by atoms with van der Waals surface area (Å²) in [5.74, 6) is 1.31. The minimum absolute atomic E-state index is 0.0482. The van der Waals surface area contributed by atoms with Crippen LogP contribution in [0.1, 0.15) is 18.1 Å². The third-order valence-electron chi connectivity index (χ3n) is 2.88. The lowest BCUT2D eigenvalue weighted by atomic mass is 10.1. The number of benzene rings is 2. The molecule has 0 radical (unpaired) electrons. The summed E-state index contributed by atoms with van der Waals surface area (Å²) in [4.78, 5) is 0. The highest BCUT2D eigenvalue weighted by molar-refractivity contribution is 6.32. The van der Waals surface area contributed by atoms with Crippen LogP contribution in [0.3, 0.4) is 0 Å². The molecular weight excluding hydrogens is 293 g/mol. The van der Waals surface area contributed by atoms with E-state index >= 15 is 0 Å². The van der Waals surface area contributed by atoms with E-state index in [0.717, 1.165) is 17.5 Å². The normalized spacial score (nSPS) is 12.2. The van der Waals surface area contributed by atoms with Crippen molar-refractivity contribution in [3.63, 3.8) is 0 Å². The first-order chi connectivity index (χ1) is 9.45. The molecular formula is C16H17Cl2NO. The molecule has 2 rings (SSSR count). The second kappa shape index (κ2) is 6.49. The first-order valence-electron chi connectivity index (χ1n) is 6.43. The molecule has 2 aromatic carbocycles. The molecule has 2 nitrogen and oxygen atoms in total. The minimum atomic E-state index is 0.0482. The molecule has 1 unspecified atom stereocenters. The summed E-state index contributed by atoms with van der Waals surface area (Å²) in [5, 5.41) is 1.20. The van der Waals surface area contributed by atoms with E-state index in [2.05, 4.69) is 0 Å². The van der Waals surface area contributed by atoms with Gasteiger partial charge in [0.2, 0.25) is 0 Å². The van der Waals surface area contributed by atoms with Crippen LogP contribution in [0.5, 0.6) is 11.5 Å². The molecule has 2 N–H and O–H groups in total. The van der Waals surface area contributed by atoms with Gasteiger partial charge in [0.25, 0.3) is 0 Å². The summed E-state index contributed by atoms with van der Waals surface area (Å²) in [6.45, 7) is 3.94. The fourth-order valence-corrected chi connectivity index (χ4v) is 2.38. The second-order valence-electron chi connectivity index (χ2n) is 4.97. The molecule has 0 aliphatic heterocycles. The zero-order valence-electron chi connectivity index (χ0n) is 11.5. The molecule has 0 saturated carbocycles. The maximum Gasteiger partial charge on any atom is 0.146 e. The first kappa shape index (κ1) is 15.2. The summed E-state index contributed by atoms with van der Waals surface area (Å²) in [7, 11) is 0. The van der Waals surface area contributed by atoms with Gasteiger partial charge in [-0.1, -0.05) is 35.3 Å².